The number of nitrogens with zero attached hydrogens (tertiary/aromatic N) is 1. The largest absolute Gasteiger partial charge is 0.454 e. The fraction of sp³-hybridized carbons (Fsp3) is 0.125. The van der Waals surface area contributed by atoms with E-state index >= 15 is 0 Å². The van der Waals surface area contributed by atoms with Crippen LogP contribution in [-0.4, -0.2) is 23.1 Å². The molecular weight excluding hydrogens is 473 g/mol. The summed E-state index contributed by atoms with van der Waals surface area (Å²) in [5, 5.41) is 2.77. The number of aromatic nitrogens is 1. The molecule has 174 valence electrons. The van der Waals surface area contributed by atoms with Gasteiger partial charge in [-0.2, -0.15) is 13.2 Å². The summed E-state index contributed by atoms with van der Waals surface area (Å²) in [6.07, 6.45) is -4.74. The van der Waals surface area contributed by atoms with E-state index in [1.54, 1.807) is 53.1 Å². The fourth-order valence-corrected chi connectivity index (χ4v) is 3.79. The van der Waals surface area contributed by atoms with Crippen LogP contribution in [0.5, 0.6) is 0 Å². The van der Waals surface area contributed by atoms with E-state index in [1.807, 2.05) is 0 Å². The van der Waals surface area contributed by atoms with Crippen LogP contribution >= 0.6 is 11.6 Å². The van der Waals surface area contributed by atoms with Crippen LogP contribution in [0.1, 0.15) is 5.56 Å². The summed E-state index contributed by atoms with van der Waals surface area (Å²) in [5.41, 5.74) is -0.799. The number of esters is 1. The lowest BCUT2D eigenvalue weighted by Crippen LogP contribution is -2.25. The van der Waals surface area contributed by atoms with Crippen LogP contribution in [0.15, 0.2) is 71.5 Å². The maximum atomic E-state index is 13.2. The topological polar surface area (TPSA) is 77.4 Å². The number of fused-ring (bicyclic) bond motifs is 2. The first kappa shape index (κ1) is 23.3. The number of pyridine rings is 1. The van der Waals surface area contributed by atoms with Gasteiger partial charge in [-0.1, -0.05) is 35.9 Å². The van der Waals surface area contributed by atoms with Crippen molar-refractivity contribution in [1.82, 2.24) is 4.57 Å². The Bertz CT molecular complexity index is 1420. The smallest absolute Gasteiger partial charge is 0.418 e. The molecule has 4 rings (SSSR count). The third-order valence-corrected chi connectivity index (χ3v) is 5.33. The number of nitrogens with one attached hydrogen (secondary N) is 1. The van der Waals surface area contributed by atoms with Gasteiger partial charge in [0, 0.05) is 15.8 Å². The van der Waals surface area contributed by atoms with Gasteiger partial charge in [-0.3, -0.25) is 14.4 Å². The van der Waals surface area contributed by atoms with Crippen LogP contribution in [0.4, 0.5) is 18.9 Å². The van der Waals surface area contributed by atoms with Gasteiger partial charge < -0.3 is 14.6 Å². The molecule has 0 atom stereocenters. The number of para-hydroxylation sites is 2. The number of benzene rings is 3. The van der Waals surface area contributed by atoms with Crippen LogP contribution < -0.4 is 10.7 Å². The minimum Gasteiger partial charge on any atom is -0.454 e. The molecule has 1 aromatic heterocycles. The third-order valence-electron chi connectivity index (χ3n) is 5.09. The molecule has 0 unspecified atom stereocenters. The predicted molar refractivity (Wildman–Crippen MR) is 122 cm³/mol. The number of carbonyl (C=O) groups is 2. The molecule has 4 aromatic rings. The maximum absolute atomic E-state index is 13.2. The predicted octanol–water partition coefficient (Wildman–Crippen LogP) is 5.01. The van der Waals surface area contributed by atoms with Crippen LogP contribution in [-0.2, 0) is 27.0 Å². The van der Waals surface area contributed by atoms with Gasteiger partial charge in [-0.25, -0.2) is 0 Å². The second-order valence-electron chi connectivity index (χ2n) is 7.35. The van der Waals surface area contributed by atoms with Crippen LogP contribution in [0.3, 0.4) is 0 Å². The molecule has 0 fully saturated rings. The van der Waals surface area contributed by atoms with Crippen molar-refractivity contribution in [2.45, 2.75) is 12.7 Å². The molecule has 6 nitrogen and oxygen atoms in total. The van der Waals surface area contributed by atoms with E-state index in [1.165, 1.54) is 6.07 Å². The van der Waals surface area contributed by atoms with E-state index in [2.05, 4.69) is 5.32 Å². The molecule has 1 heterocycles. The van der Waals surface area contributed by atoms with Gasteiger partial charge >= 0.3 is 12.1 Å². The van der Waals surface area contributed by atoms with Crippen LogP contribution in [0, 0.1) is 0 Å². The summed E-state index contributed by atoms with van der Waals surface area (Å²) >= 11 is 5.63. The van der Waals surface area contributed by atoms with Crippen LogP contribution in [0.25, 0.3) is 21.8 Å². The van der Waals surface area contributed by atoms with Crippen molar-refractivity contribution in [3.63, 3.8) is 0 Å². The Hall–Kier alpha value is -3.85. The number of ether oxygens (including phenoxy) is 1. The summed E-state index contributed by atoms with van der Waals surface area (Å²) in [7, 11) is 0. The van der Waals surface area contributed by atoms with Crippen LogP contribution in [0.2, 0.25) is 5.02 Å². The minimum atomic E-state index is -4.74. The van der Waals surface area contributed by atoms with Gasteiger partial charge in [-0.15, -0.1) is 0 Å². The first-order valence-electron chi connectivity index (χ1n) is 9.97. The van der Waals surface area contributed by atoms with E-state index in [0.717, 1.165) is 6.07 Å². The number of halogens is 4. The fourth-order valence-electron chi connectivity index (χ4n) is 3.61. The molecule has 0 aliphatic rings. The molecule has 1 amide bonds. The van der Waals surface area contributed by atoms with Gasteiger partial charge in [0.1, 0.15) is 6.54 Å². The molecule has 0 aliphatic heterocycles. The molecule has 0 aliphatic carbocycles. The second-order valence-corrected chi connectivity index (χ2v) is 7.78. The summed E-state index contributed by atoms with van der Waals surface area (Å²) in [6.45, 7) is -1.11. The highest BCUT2D eigenvalue weighted by atomic mass is 35.5. The summed E-state index contributed by atoms with van der Waals surface area (Å²) in [5.74, 6) is -1.75. The van der Waals surface area contributed by atoms with Gasteiger partial charge in [0.05, 0.1) is 22.3 Å². The molecule has 0 bridgehead atoms. The Morgan fingerprint density at radius 3 is 2.12 bits per heavy atom. The lowest BCUT2D eigenvalue weighted by molar-refractivity contribution is -0.147. The molecule has 1 N–H and O–H groups in total. The highest BCUT2D eigenvalue weighted by Crippen LogP contribution is 2.36. The van der Waals surface area contributed by atoms with E-state index in [-0.39, 0.29) is 17.0 Å². The summed E-state index contributed by atoms with van der Waals surface area (Å²) in [6, 6.07) is 16.4. The van der Waals surface area contributed by atoms with E-state index in [9.17, 15) is 27.6 Å². The number of amides is 1. The molecule has 3 aromatic carbocycles. The summed E-state index contributed by atoms with van der Waals surface area (Å²) < 4.78 is 46.2. The lowest BCUT2D eigenvalue weighted by Gasteiger charge is -2.15. The standard InChI is InChI=1S/C24H16ClF3N2O4/c25-14-9-10-18(17(11-14)24(26,27)28)29-21(31)13-34-22(32)12-30-19-7-3-1-5-15(19)23(33)16-6-2-4-8-20(16)30/h1-11H,12-13H2,(H,29,31). The highest BCUT2D eigenvalue weighted by Gasteiger charge is 2.34. The van der Waals surface area contributed by atoms with Crippen molar-refractivity contribution in [3.05, 3.63) is 87.5 Å². The van der Waals surface area contributed by atoms with Crippen molar-refractivity contribution in [1.29, 1.82) is 0 Å². The number of carbonyl (C=O) groups excluding carboxylic acids is 2. The molecular formula is C24H16ClF3N2O4. The highest BCUT2D eigenvalue weighted by molar-refractivity contribution is 6.30. The number of hydrogen-bond acceptors (Lipinski definition) is 4. The average Bonchev–Trinajstić information content (AvgIpc) is 2.81. The molecule has 34 heavy (non-hydrogen) atoms. The Kier molecular flexibility index (Phi) is 6.30. The minimum absolute atomic E-state index is 0.141. The Morgan fingerprint density at radius 1 is 0.941 bits per heavy atom. The molecule has 0 saturated heterocycles. The zero-order valence-corrected chi connectivity index (χ0v) is 18.1. The molecule has 0 spiro atoms. The molecule has 0 saturated carbocycles. The quantitative estimate of drug-likeness (QED) is 0.316. The van der Waals surface area contributed by atoms with Crippen molar-refractivity contribution in [2.24, 2.45) is 0 Å². The Morgan fingerprint density at radius 2 is 1.53 bits per heavy atom. The zero-order chi connectivity index (χ0) is 24.5. The van der Waals surface area contributed by atoms with Crippen molar-refractivity contribution in [3.8, 4) is 0 Å². The number of anilines is 1. The number of hydrogen-bond donors (Lipinski definition) is 1. The van der Waals surface area contributed by atoms with Crippen molar-refractivity contribution < 1.29 is 27.5 Å². The number of rotatable bonds is 5. The number of alkyl halides is 3. The zero-order valence-electron chi connectivity index (χ0n) is 17.4. The summed E-state index contributed by atoms with van der Waals surface area (Å²) in [4.78, 5) is 37.4. The normalized spacial score (nSPS) is 11.5. The molecule has 0 radical (unpaired) electrons. The van der Waals surface area contributed by atoms with E-state index in [4.69, 9.17) is 16.3 Å². The van der Waals surface area contributed by atoms with Crippen molar-refractivity contribution in [2.75, 3.05) is 11.9 Å². The third kappa shape index (κ3) is 4.74. The monoisotopic (exact) mass is 488 g/mol. The first-order valence-corrected chi connectivity index (χ1v) is 10.4. The van der Waals surface area contributed by atoms with Crippen molar-refractivity contribution >= 4 is 51.0 Å². The maximum Gasteiger partial charge on any atom is 0.418 e. The van der Waals surface area contributed by atoms with Gasteiger partial charge in [0.25, 0.3) is 5.91 Å². The lowest BCUT2D eigenvalue weighted by atomic mass is 10.1. The Labute approximate surface area is 195 Å². The Balaban J connectivity index is 1.52. The van der Waals surface area contributed by atoms with Gasteiger partial charge in [0.15, 0.2) is 12.0 Å². The van der Waals surface area contributed by atoms with Gasteiger partial charge in [0.2, 0.25) is 0 Å². The average molecular weight is 489 g/mol. The van der Waals surface area contributed by atoms with E-state index in [0.29, 0.717) is 27.9 Å². The first-order chi connectivity index (χ1) is 16.1. The second kappa shape index (κ2) is 9.18. The van der Waals surface area contributed by atoms with Gasteiger partial charge in [-0.05, 0) is 42.5 Å². The molecule has 10 heteroatoms. The van der Waals surface area contributed by atoms with E-state index < -0.39 is 35.9 Å². The SMILES string of the molecule is O=C(COC(=O)Cn1c2ccccc2c(=O)c2ccccc21)Nc1ccc(Cl)cc1C(F)(F)F.